The van der Waals surface area contributed by atoms with Crippen LogP contribution in [0.2, 0.25) is 0 Å². The van der Waals surface area contributed by atoms with Crippen molar-refractivity contribution in [2.45, 2.75) is 19.5 Å². The summed E-state index contributed by atoms with van der Waals surface area (Å²) in [4.78, 5) is 43.1. The molecule has 35 heavy (non-hydrogen) atoms. The van der Waals surface area contributed by atoms with Crippen LogP contribution in [0.4, 0.5) is 5.69 Å². The molecule has 0 aliphatic rings. The van der Waals surface area contributed by atoms with E-state index in [1.807, 2.05) is 0 Å². The average molecular weight is 481 g/mol. The molecule has 3 rings (SSSR count). The average Bonchev–Trinajstić information content (AvgIpc) is 3.40. The highest BCUT2D eigenvalue weighted by molar-refractivity contribution is 5.98. The van der Waals surface area contributed by atoms with E-state index in [2.05, 4.69) is 10.3 Å². The summed E-state index contributed by atoms with van der Waals surface area (Å²) < 4.78 is 17.2. The number of carbonyl (C=O) groups is 3. The summed E-state index contributed by atoms with van der Waals surface area (Å²) in [6.45, 7) is 0.348. The number of nitrogens with one attached hydrogen (secondary N) is 1. The normalized spacial score (nSPS) is 10.4. The van der Waals surface area contributed by atoms with E-state index in [0.29, 0.717) is 34.9 Å². The maximum Gasteiger partial charge on any atom is 0.325 e. The molecule has 10 nitrogen and oxygen atoms in total. The van der Waals surface area contributed by atoms with Gasteiger partial charge in [-0.05, 0) is 35.9 Å². The van der Waals surface area contributed by atoms with Gasteiger partial charge in [0.1, 0.15) is 18.0 Å². The molecule has 184 valence electrons. The van der Waals surface area contributed by atoms with Gasteiger partial charge in [0.05, 0.1) is 27.7 Å². The Balaban J connectivity index is 1.76. The van der Waals surface area contributed by atoms with E-state index in [1.165, 1.54) is 26.2 Å². The van der Waals surface area contributed by atoms with Gasteiger partial charge >= 0.3 is 5.97 Å². The van der Waals surface area contributed by atoms with Crippen LogP contribution in [0.15, 0.2) is 61.2 Å². The van der Waals surface area contributed by atoms with E-state index in [9.17, 15) is 14.4 Å². The van der Waals surface area contributed by atoms with Gasteiger partial charge in [0.25, 0.3) is 5.91 Å². The molecule has 0 spiro atoms. The number of hydrogen-bond acceptors (Lipinski definition) is 7. The van der Waals surface area contributed by atoms with Crippen molar-refractivity contribution in [2.75, 3.05) is 33.2 Å². The lowest BCUT2D eigenvalue weighted by molar-refractivity contribution is -0.141. The molecule has 0 radical (unpaired) electrons. The number of hydrogen-bond donors (Lipinski definition) is 1. The van der Waals surface area contributed by atoms with E-state index in [1.54, 1.807) is 65.8 Å². The van der Waals surface area contributed by atoms with Crippen LogP contribution in [0.3, 0.4) is 0 Å². The number of amides is 2. The first kappa shape index (κ1) is 25.3. The number of carbonyl (C=O) groups excluding carboxylic acids is 3. The highest BCUT2D eigenvalue weighted by Gasteiger charge is 2.21. The quantitative estimate of drug-likeness (QED) is 0.420. The molecule has 2 amide bonds. The van der Waals surface area contributed by atoms with E-state index in [4.69, 9.17) is 14.2 Å². The van der Waals surface area contributed by atoms with Crippen molar-refractivity contribution in [3.63, 3.8) is 0 Å². The van der Waals surface area contributed by atoms with Gasteiger partial charge in [0, 0.05) is 49.2 Å². The lowest BCUT2D eigenvalue weighted by Gasteiger charge is -2.22. The zero-order valence-corrected chi connectivity index (χ0v) is 19.9. The molecule has 0 atom stereocenters. The second kappa shape index (κ2) is 12.2. The fourth-order valence-electron chi connectivity index (χ4n) is 3.38. The van der Waals surface area contributed by atoms with E-state index < -0.39 is 11.9 Å². The third-order valence-electron chi connectivity index (χ3n) is 5.17. The van der Waals surface area contributed by atoms with Gasteiger partial charge in [0.15, 0.2) is 0 Å². The largest absolute Gasteiger partial charge is 0.497 e. The van der Waals surface area contributed by atoms with Gasteiger partial charge in [-0.25, -0.2) is 4.98 Å². The lowest BCUT2D eigenvalue weighted by Crippen LogP contribution is -2.35. The first-order valence-electron chi connectivity index (χ1n) is 10.9. The van der Waals surface area contributed by atoms with Crippen molar-refractivity contribution in [1.29, 1.82) is 0 Å². The number of methoxy groups -OCH3 is 3. The highest BCUT2D eigenvalue weighted by Crippen LogP contribution is 2.24. The Morgan fingerprint density at radius 2 is 1.77 bits per heavy atom. The molecular formula is C25H28N4O6. The standard InChI is InChI=1S/C25H28N4O6/c1-33-21-11-18(12-22(14-21)34-2)15-29(16-24(31)35-3)25(32)19-5-4-6-20(13-19)27-23(30)7-9-28-10-8-26-17-28/h4-6,8,10-14,17H,7,9,15-16H2,1-3H3,(H,27,30). The SMILES string of the molecule is COC(=O)CN(Cc1cc(OC)cc(OC)c1)C(=O)c1cccc(NC(=O)CCn2ccnc2)c1. The molecule has 0 unspecified atom stereocenters. The van der Waals surface area contributed by atoms with Gasteiger partial charge in [0.2, 0.25) is 5.91 Å². The van der Waals surface area contributed by atoms with Crippen molar-refractivity contribution < 1.29 is 28.6 Å². The minimum absolute atomic E-state index is 0.114. The molecule has 0 aliphatic heterocycles. The Bertz CT molecular complexity index is 1140. The number of nitrogens with zero attached hydrogens (tertiary/aromatic N) is 3. The number of ether oxygens (including phenoxy) is 3. The predicted octanol–water partition coefficient (Wildman–Crippen LogP) is 2.74. The van der Waals surface area contributed by atoms with Gasteiger partial charge in [-0.15, -0.1) is 0 Å². The molecule has 1 heterocycles. The number of imidazole rings is 1. The van der Waals surface area contributed by atoms with Crippen LogP contribution >= 0.6 is 0 Å². The maximum absolute atomic E-state index is 13.4. The third-order valence-corrected chi connectivity index (χ3v) is 5.17. The molecule has 0 aliphatic carbocycles. The predicted molar refractivity (Wildman–Crippen MR) is 128 cm³/mol. The Morgan fingerprint density at radius 1 is 1.03 bits per heavy atom. The summed E-state index contributed by atoms with van der Waals surface area (Å²) in [7, 11) is 4.33. The number of anilines is 1. The maximum atomic E-state index is 13.4. The number of esters is 1. The molecule has 2 aromatic carbocycles. The van der Waals surface area contributed by atoms with Gasteiger partial charge in [-0.1, -0.05) is 6.07 Å². The molecular weight excluding hydrogens is 452 g/mol. The summed E-state index contributed by atoms with van der Waals surface area (Å²) in [5, 5.41) is 2.80. The molecule has 3 aromatic rings. The topological polar surface area (TPSA) is 112 Å². The van der Waals surface area contributed by atoms with Crippen molar-refractivity contribution in [2.24, 2.45) is 0 Å². The summed E-state index contributed by atoms with van der Waals surface area (Å²) in [6.07, 6.45) is 5.32. The number of aryl methyl sites for hydroxylation is 1. The zero-order chi connectivity index (χ0) is 25.2. The van der Waals surface area contributed by atoms with Crippen molar-refractivity contribution in [3.05, 3.63) is 72.3 Å². The summed E-state index contributed by atoms with van der Waals surface area (Å²) in [5.41, 5.74) is 1.51. The molecule has 0 saturated carbocycles. The summed E-state index contributed by atoms with van der Waals surface area (Å²) in [5.74, 6) is -0.0301. The van der Waals surface area contributed by atoms with Gasteiger partial charge in [-0.2, -0.15) is 0 Å². The molecule has 0 bridgehead atoms. The van der Waals surface area contributed by atoms with Gasteiger partial charge < -0.3 is 29.0 Å². The van der Waals surface area contributed by atoms with Crippen LogP contribution < -0.4 is 14.8 Å². The highest BCUT2D eigenvalue weighted by atomic mass is 16.5. The van der Waals surface area contributed by atoms with Crippen LogP contribution in [-0.2, 0) is 27.4 Å². The minimum atomic E-state index is -0.558. The smallest absolute Gasteiger partial charge is 0.325 e. The second-order valence-electron chi connectivity index (χ2n) is 7.64. The van der Waals surface area contributed by atoms with Crippen molar-refractivity contribution >= 4 is 23.5 Å². The van der Waals surface area contributed by atoms with Crippen LogP contribution in [0, 0.1) is 0 Å². The molecule has 1 aromatic heterocycles. The Hall–Kier alpha value is -4.34. The molecule has 0 fully saturated rings. The van der Waals surface area contributed by atoms with Crippen molar-refractivity contribution in [3.8, 4) is 11.5 Å². The van der Waals surface area contributed by atoms with Crippen LogP contribution in [0.5, 0.6) is 11.5 Å². The van der Waals surface area contributed by atoms with Crippen LogP contribution in [0.25, 0.3) is 0 Å². The van der Waals surface area contributed by atoms with E-state index >= 15 is 0 Å². The Morgan fingerprint density at radius 3 is 2.40 bits per heavy atom. The zero-order valence-electron chi connectivity index (χ0n) is 19.9. The van der Waals surface area contributed by atoms with Gasteiger partial charge in [-0.3, -0.25) is 14.4 Å². The fraction of sp³-hybridized carbons (Fsp3) is 0.280. The number of aromatic nitrogens is 2. The molecule has 0 saturated heterocycles. The lowest BCUT2D eigenvalue weighted by atomic mass is 10.1. The summed E-state index contributed by atoms with van der Waals surface area (Å²) >= 11 is 0. The van der Waals surface area contributed by atoms with Crippen molar-refractivity contribution in [1.82, 2.24) is 14.5 Å². The molecule has 10 heteroatoms. The molecule has 1 N–H and O–H groups in total. The van der Waals surface area contributed by atoms with E-state index in [-0.39, 0.29) is 25.4 Å². The number of benzene rings is 2. The first-order valence-corrected chi connectivity index (χ1v) is 10.9. The Kier molecular flexibility index (Phi) is 8.82. The van der Waals surface area contributed by atoms with Crippen LogP contribution in [0.1, 0.15) is 22.3 Å². The fourth-order valence-corrected chi connectivity index (χ4v) is 3.38. The monoisotopic (exact) mass is 480 g/mol. The number of rotatable bonds is 11. The minimum Gasteiger partial charge on any atom is -0.497 e. The first-order chi connectivity index (χ1) is 16.9. The summed E-state index contributed by atoms with van der Waals surface area (Å²) in [6, 6.07) is 11.8. The van der Waals surface area contributed by atoms with E-state index in [0.717, 1.165) is 0 Å². The second-order valence-corrected chi connectivity index (χ2v) is 7.64. The third kappa shape index (κ3) is 7.32. The van der Waals surface area contributed by atoms with Crippen LogP contribution in [-0.4, -0.2) is 60.1 Å². The Labute approximate surface area is 203 Å².